The molecule has 13 heavy (non-hydrogen) atoms. The Morgan fingerprint density at radius 2 is 1.62 bits per heavy atom. The molecule has 1 aromatic carbocycles. The Morgan fingerprint density at radius 1 is 1.08 bits per heavy atom. The zero-order valence-corrected chi connectivity index (χ0v) is 7.86. The first-order chi connectivity index (χ1) is 6.04. The number of benzene rings is 1. The van der Waals surface area contributed by atoms with Gasteiger partial charge in [-0.1, -0.05) is 18.2 Å². The normalized spacial score (nSPS) is 11.7. The highest BCUT2D eigenvalue weighted by atomic mass is 28.1. The van der Waals surface area contributed by atoms with Crippen LogP contribution in [0.3, 0.4) is 0 Å². The SMILES string of the molecule is FC(F)(F)c1ccc(CC[Si])cc1. The lowest BCUT2D eigenvalue weighted by atomic mass is 10.1. The minimum atomic E-state index is -4.23. The Balaban J connectivity index is 2.81. The third-order valence-corrected chi connectivity index (χ3v) is 1.94. The Labute approximate surface area is 78.2 Å². The van der Waals surface area contributed by atoms with Crippen LogP contribution >= 0.6 is 0 Å². The van der Waals surface area contributed by atoms with E-state index >= 15 is 0 Å². The van der Waals surface area contributed by atoms with Gasteiger partial charge in [-0.2, -0.15) is 13.2 Å². The summed E-state index contributed by atoms with van der Waals surface area (Å²) in [7, 11) is 3.27. The Bertz CT molecular complexity index is 263. The number of halogens is 3. The maximum Gasteiger partial charge on any atom is 0.416 e. The summed E-state index contributed by atoms with van der Waals surface area (Å²) < 4.78 is 36.3. The standard InChI is InChI=1S/C9H8F3Si/c10-9(11,12)8-3-1-7(2-4-8)5-6-13/h1-4H,5-6H2. The van der Waals surface area contributed by atoms with E-state index in [-0.39, 0.29) is 0 Å². The van der Waals surface area contributed by atoms with E-state index in [1.807, 2.05) is 0 Å². The summed E-state index contributed by atoms with van der Waals surface area (Å²) >= 11 is 0. The van der Waals surface area contributed by atoms with Crippen molar-refractivity contribution in [3.8, 4) is 0 Å². The predicted octanol–water partition coefficient (Wildman–Crippen LogP) is 2.83. The first-order valence-corrected chi connectivity index (χ1v) is 4.55. The fraction of sp³-hybridized carbons (Fsp3) is 0.333. The number of aryl methyl sites for hydroxylation is 1. The average molecular weight is 201 g/mol. The van der Waals surface area contributed by atoms with Crippen molar-refractivity contribution in [2.75, 3.05) is 0 Å². The predicted molar refractivity (Wildman–Crippen MR) is 45.7 cm³/mol. The zero-order chi connectivity index (χ0) is 9.90. The second-order valence-electron chi connectivity index (χ2n) is 2.69. The molecule has 0 aliphatic heterocycles. The Hall–Kier alpha value is -0.773. The summed E-state index contributed by atoms with van der Waals surface area (Å²) in [5.74, 6) is 0. The molecular formula is C9H8F3Si. The molecule has 0 fully saturated rings. The van der Waals surface area contributed by atoms with Crippen LogP contribution in [0.25, 0.3) is 0 Å². The monoisotopic (exact) mass is 201 g/mol. The first-order valence-electron chi connectivity index (χ1n) is 3.85. The Kier molecular flexibility index (Phi) is 3.14. The first kappa shape index (κ1) is 10.3. The van der Waals surface area contributed by atoms with Gasteiger partial charge in [0.05, 0.1) is 5.56 Å². The molecule has 0 saturated heterocycles. The molecule has 0 spiro atoms. The van der Waals surface area contributed by atoms with Crippen LogP contribution in [0, 0.1) is 0 Å². The van der Waals surface area contributed by atoms with Gasteiger partial charge in [0.25, 0.3) is 0 Å². The topological polar surface area (TPSA) is 0 Å². The highest BCUT2D eigenvalue weighted by molar-refractivity contribution is 6.08. The van der Waals surface area contributed by atoms with Crippen molar-refractivity contribution in [3.63, 3.8) is 0 Å². The largest absolute Gasteiger partial charge is 0.416 e. The van der Waals surface area contributed by atoms with Gasteiger partial charge < -0.3 is 0 Å². The van der Waals surface area contributed by atoms with Gasteiger partial charge in [-0.05, 0) is 24.1 Å². The maximum absolute atomic E-state index is 12.1. The summed E-state index contributed by atoms with van der Waals surface area (Å²) in [5.41, 5.74) is 0.313. The molecule has 0 aliphatic rings. The van der Waals surface area contributed by atoms with E-state index in [2.05, 4.69) is 10.2 Å². The lowest BCUT2D eigenvalue weighted by Gasteiger charge is -2.06. The molecule has 0 aromatic heterocycles. The van der Waals surface area contributed by atoms with Crippen LogP contribution in [-0.2, 0) is 12.6 Å². The molecule has 0 nitrogen and oxygen atoms in total. The van der Waals surface area contributed by atoms with Gasteiger partial charge in [-0.25, -0.2) is 0 Å². The van der Waals surface area contributed by atoms with Gasteiger partial charge in [-0.3, -0.25) is 0 Å². The van der Waals surface area contributed by atoms with Crippen molar-refractivity contribution in [2.45, 2.75) is 18.6 Å². The molecule has 0 bridgehead atoms. The van der Waals surface area contributed by atoms with Crippen LogP contribution in [0.5, 0.6) is 0 Å². The average Bonchev–Trinajstić information content (AvgIpc) is 2.04. The van der Waals surface area contributed by atoms with E-state index in [0.29, 0.717) is 0 Å². The summed E-state index contributed by atoms with van der Waals surface area (Å²) in [5, 5.41) is 0. The van der Waals surface area contributed by atoms with E-state index in [1.54, 1.807) is 0 Å². The van der Waals surface area contributed by atoms with Crippen molar-refractivity contribution in [3.05, 3.63) is 35.4 Å². The highest BCUT2D eigenvalue weighted by Crippen LogP contribution is 2.29. The van der Waals surface area contributed by atoms with Crippen LogP contribution in [0.2, 0.25) is 6.04 Å². The van der Waals surface area contributed by atoms with Crippen LogP contribution in [0.15, 0.2) is 24.3 Å². The van der Waals surface area contributed by atoms with Crippen LogP contribution in [0.4, 0.5) is 13.2 Å². The van der Waals surface area contributed by atoms with Crippen molar-refractivity contribution < 1.29 is 13.2 Å². The minimum absolute atomic E-state index is 0.592. The number of rotatable bonds is 2. The molecule has 69 valence electrons. The summed E-state index contributed by atoms with van der Waals surface area (Å²) in [6.07, 6.45) is -3.48. The number of hydrogen-bond donors (Lipinski definition) is 0. The van der Waals surface area contributed by atoms with E-state index in [0.717, 1.165) is 30.2 Å². The lowest BCUT2D eigenvalue weighted by molar-refractivity contribution is -0.137. The quantitative estimate of drug-likeness (QED) is 0.645. The van der Waals surface area contributed by atoms with E-state index < -0.39 is 11.7 Å². The molecule has 0 heterocycles. The maximum atomic E-state index is 12.1. The second kappa shape index (κ2) is 3.96. The number of hydrogen-bond acceptors (Lipinski definition) is 0. The van der Waals surface area contributed by atoms with E-state index in [4.69, 9.17) is 0 Å². The molecule has 0 unspecified atom stereocenters. The highest BCUT2D eigenvalue weighted by Gasteiger charge is 2.29. The zero-order valence-electron chi connectivity index (χ0n) is 6.86. The molecule has 0 saturated carbocycles. The molecule has 0 amide bonds. The smallest absolute Gasteiger partial charge is 0.166 e. The van der Waals surface area contributed by atoms with Gasteiger partial charge >= 0.3 is 6.18 Å². The molecule has 1 rings (SSSR count). The van der Waals surface area contributed by atoms with Crippen molar-refractivity contribution in [1.29, 1.82) is 0 Å². The summed E-state index contributed by atoms with van der Waals surface area (Å²) in [6.45, 7) is 0. The third-order valence-electron chi connectivity index (χ3n) is 1.69. The van der Waals surface area contributed by atoms with Gasteiger partial charge in [0, 0.05) is 10.2 Å². The lowest BCUT2D eigenvalue weighted by Crippen LogP contribution is -2.04. The van der Waals surface area contributed by atoms with Crippen molar-refractivity contribution in [2.24, 2.45) is 0 Å². The fourth-order valence-electron chi connectivity index (χ4n) is 1.00. The molecule has 4 heteroatoms. The van der Waals surface area contributed by atoms with Gasteiger partial charge in [0.1, 0.15) is 0 Å². The summed E-state index contributed by atoms with van der Waals surface area (Å²) in [6, 6.07) is 5.98. The molecular weight excluding hydrogens is 193 g/mol. The molecule has 3 radical (unpaired) electrons. The second-order valence-corrected chi connectivity index (χ2v) is 3.19. The van der Waals surface area contributed by atoms with Crippen LogP contribution < -0.4 is 0 Å². The van der Waals surface area contributed by atoms with E-state index in [1.165, 1.54) is 12.1 Å². The summed E-state index contributed by atoms with van der Waals surface area (Å²) in [4.78, 5) is 0. The molecule has 0 atom stereocenters. The van der Waals surface area contributed by atoms with Crippen molar-refractivity contribution in [1.82, 2.24) is 0 Å². The van der Waals surface area contributed by atoms with Crippen molar-refractivity contribution >= 4 is 10.2 Å². The molecule has 0 aliphatic carbocycles. The molecule has 0 N–H and O–H groups in total. The van der Waals surface area contributed by atoms with Crippen LogP contribution in [-0.4, -0.2) is 10.2 Å². The Morgan fingerprint density at radius 3 is 2.00 bits per heavy atom. The van der Waals surface area contributed by atoms with Gasteiger partial charge in [0.15, 0.2) is 0 Å². The fourth-order valence-corrected chi connectivity index (χ4v) is 1.29. The van der Waals surface area contributed by atoms with Crippen LogP contribution in [0.1, 0.15) is 11.1 Å². The minimum Gasteiger partial charge on any atom is -0.166 e. The number of alkyl halides is 3. The third kappa shape index (κ3) is 2.88. The van der Waals surface area contributed by atoms with E-state index in [9.17, 15) is 13.2 Å². The van der Waals surface area contributed by atoms with Gasteiger partial charge in [-0.15, -0.1) is 0 Å². The molecule has 1 aromatic rings. The van der Waals surface area contributed by atoms with Gasteiger partial charge in [0.2, 0.25) is 0 Å².